The highest BCUT2D eigenvalue weighted by atomic mass is 19.1. The number of benzene rings is 2. The quantitative estimate of drug-likeness (QED) is 0.730. The lowest BCUT2D eigenvalue weighted by Crippen LogP contribution is -2.25. The third kappa shape index (κ3) is 3.87. The summed E-state index contributed by atoms with van der Waals surface area (Å²) in [5.74, 6) is -0.434. The molecule has 0 fully saturated rings. The first-order valence-corrected chi connectivity index (χ1v) is 7.82. The van der Waals surface area contributed by atoms with Crippen molar-refractivity contribution in [2.24, 2.45) is 0 Å². The van der Waals surface area contributed by atoms with Gasteiger partial charge < -0.3 is 10.6 Å². The number of carbonyl (C=O) groups is 1. The summed E-state index contributed by atoms with van der Waals surface area (Å²) in [6.45, 7) is 0.681. The largest absolute Gasteiger partial charge is 0.383 e. The number of nitrogens with zero attached hydrogens (tertiary/aromatic N) is 1. The van der Waals surface area contributed by atoms with Gasteiger partial charge in [0.05, 0.1) is 11.2 Å². The summed E-state index contributed by atoms with van der Waals surface area (Å²) in [6, 6.07) is 16.2. The molecular formula is C19H18FN3O. The monoisotopic (exact) mass is 323 g/mol. The molecule has 0 aliphatic rings. The summed E-state index contributed by atoms with van der Waals surface area (Å²) in [4.78, 5) is 16.3. The Kier molecular flexibility index (Phi) is 5.01. The fourth-order valence-corrected chi connectivity index (χ4v) is 2.48. The summed E-state index contributed by atoms with van der Waals surface area (Å²) in [5, 5.41) is 7.01. The van der Waals surface area contributed by atoms with Crippen molar-refractivity contribution in [1.82, 2.24) is 10.3 Å². The Morgan fingerprint density at radius 3 is 2.75 bits per heavy atom. The molecule has 1 heterocycles. The van der Waals surface area contributed by atoms with Gasteiger partial charge in [0.15, 0.2) is 0 Å². The van der Waals surface area contributed by atoms with Crippen molar-refractivity contribution in [3.63, 3.8) is 0 Å². The number of amides is 1. The van der Waals surface area contributed by atoms with E-state index >= 15 is 0 Å². The second-order valence-electron chi connectivity index (χ2n) is 5.43. The van der Waals surface area contributed by atoms with E-state index in [1.165, 1.54) is 6.07 Å². The first kappa shape index (κ1) is 15.9. The third-order valence-electron chi connectivity index (χ3n) is 3.73. The van der Waals surface area contributed by atoms with Crippen LogP contribution in [0.15, 0.2) is 60.8 Å². The number of rotatable bonds is 6. The average molecular weight is 323 g/mol. The molecule has 1 aromatic heterocycles. The van der Waals surface area contributed by atoms with Gasteiger partial charge in [-0.05, 0) is 18.2 Å². The van der Waals surface area contributed by atoms with Crippen LogP contribution in [0, 0.1) is 5.82 Å². The highest BCUT2D eigenvalue weighted by Crippen LogP contribution is 2.20. The minimum Gasteiger partial charge on any atom is -0.383 e. The smallest absolute Gasteiger partial charge is 0.222 e. The molecule has 122 valence electrons. The summed E-state index contributed by atoms with van der Waals surface area (Å²) < 4.78 is 13.5. The number of hydrogen-bond acceptors (Lipinski definition) is 3. The maximum absolute atomic E-state index is 13.5. The van der Waals surface area contributed by atoms with Crippen molar-refractivity contribution in [3.05, 3.63) is 72.2 Å². The van der Waals surface area contributed by atoms with Crippen LogP contribution in [-0.2, 0) is 11.3 Å². The Morgan fingerprint density at radius 2 is 1.88 bits per heavy atom. The van der Waals surface area contributed by atoms with Crippen molar-refractivity contribution in [3.8, 4) is 0 Å². The van der Waals surface area contributed by atoms with E-state index in [1.807, 2.05) is 30.3 Å². The van der Waals surface area contributed by atoms with Crippen LogP contribution in [0.4, 0.5) is 10.1 Å². The molecule has 2 N–H and O–H groups in total. The van der Waals surface area contributed by atoms with Crippen LogP contribution in [0.1, 0.15) is 12.0 Å². The zero-order chi connectivity index (χ0) is 16.8. The highest BCUT2D eigenvalue weighted by molar-refractivity contribution is 5.90. The zero-order valence-corrected chi connectivity index (χ0v) is 13.1. The Hall–Kier alpha value is -2.95. The standard InChI is InChI=1S/C19H18FN3O/c20-16-8-2-1-5-15(16)13-23-18(24)10-12-21-17-9-3-6-14-7-4-11-22-19(14)17/h1-9,11,21H,10,12-13H2,(H,23,24). The molecule has 0 radical (unpaired) electrons. The fraction of sp³-hybridized carbons (Fsp3) is 0.158. The van der Waals surface area contributed by atoms with Crippen LogP contribution >= 0.6 is 0 Å². The molecular weight excluding hydrogens is 305 g/mol. The lowest BCUT2D eigenvalue weighted by atomic mass is 10.2. The van der Waals surface area contributed by atoms with Gasteiger partial charge in [0.1, 0.15) is 5.82 Å². The molecule has 0 aliphatic carbocycles. The lowest BCUT2D eigenvalue weighted by molar-refractivity contribution is -0.121. The zero-order valence-electron chi connectivity index (χ0n) is 13.1. The second kappa shape index (κ2) is 7.55. The number of halogens is 1. The van der Waals surface area contributed by atoms with Gasteiger partial charge in [0, 0.05) is 36.7 Å². The van der Waals surface area contributed by atoms with Crippen LogP contribution in [0.5, 0.6) is 0 Å². The number of fused-ring (bicyclic) bond motifs is 1. The van der Waals surface area contributed by atoms with Gasteiger partial charge in [0.25, 0.3) is 0 Å². The first-order chi connectivity index (χ1) is 11.7. The summed E-state index contributed by atoms with van der Waals surface area (Å²) in [6.07, 6.45) is 2.05. The van der Waals surface area contributed by atoms with E-state index in [4.69, 9.17) is 0 Å². The molecule has 0 saturated carbocycles. The number of carbonyl (C=O) groups excluding carboxylic acids is 1. The molecule has 0 saturated heterocycles. The van der Waals surface area contributed by atoms with Gasteiger partial charge in [-0.2, -0.15) is 0 Å². The van der Waals surface area contributed by atoms with E-state index in [1.54, 1.807) is 24.4 Å². The van der Waals surface area contributed by atoms with Crippen LogP contribution in [0.3, 0.4) is 0 Å². The van der Waals surface area contributed by atoms with Crippen molar-refractivity contribution in [1.29, 1.82) is 0 Å². The Morgan fingerprint density at radius 1 is 1.04 bits per heavy atom. The maximum atomic E-state index is 13.5. The molecule has 0 spiro atoms. The number of anilines is 1. The third-order valence-corrected chi connectivity index (χ3v) is 3.73. The first-order valence-electron chi connectivity index (χ1n) is 7.82. The summed E-state index contributed by atoms with van der Waals surface area (Å²) >= 11 is 0. The summed E-state index contributed by atoms with van der Waals surface area (Å²) in [7, 11) is 0. The Balaban J connectivity index is 1.51. The normalized spacial score (nSPS) is 10.5. The molecule has 0 atom stereocenters. The number of para-hydroxylation sites is 1. The van der Waals surface area contributed by atoms with E-state index in [0.29, 0.717) is 18.5 Å². The van der Waals surface area contributed by atoms with Crippen molar-refractivity contribution < 1.29 is 9.18 Å². The van der Waals surface area contributed by atoms with Gasteiger partial charge in [-0.25, -0.2) is 4.39 Å². The van der Waals surface area contributed by atoms with Gasteiger partial charge in [-0.3, -0.25) is 9.78 Å². The Bertz CT molecular complexity index is 845. The lowest BCUT2D eigenvalue weighted by Gasteiger charge is -2.09. The van der Waals surface area contributed by atoms with E-state index < -0.39 is 0 Å². The maximum Gasteiger partial charge on any atom is 0.222 e. The molecule has 5 heteroatoms. The summed E-state index contributed by atoms with van der Waals surface area (Å²) in [5.41, 5.74) is 2.26. The fourth-order valence-electron chi connectivity index (χ4n) is 2.48. The second-order valence-corrected chi connectivity index (χ2v) is 5.43. The van der Waals surface area contributed by atoms with E-state index in [0.717, 1.165) is 16.6 Å². The van der Waals surface area contributed by atoms with E-state index in [9.17, 15) is 9.18 Å². The van der Waals surface area contributed by atoms with Crippen molar-refractivity contribution >= 4 is 22.5 Å². The molecule has 2 aromatic carbocycles. The van der Waals surface area contributed by atoms with Crippen LogP contribution in [-0.4, -0.2) is 17.4 Å². The van der Waals surface area contributed by atoms with Crippen molar-refractivity contribution in [2.45, 2.75) is 13.0 Å². The number of aromatic nitrogens is 1. The van der Waals surface area contributed by atoms with Crippen LogP contribution in [0.25, 0.3) is 10.9 Å². The van der Waals surface area contributed by atoms with Crippen molar-refractivity contribution in [2.75, 3.05) is 11.9 Å². The SMILES string of the molecule is O=C(CCNc1cccc2cccnc12)NCc1ccccc1F. The number of pyridine rings is 1. The predicted octanol–water partition coefficient (Wildman–Crippen LogP) is 3.49. The van der Waals surface area contributed by atoms with Gasteiger partial charge in [-0.1, -0.05) is 36.4 Å². The van der Waals surface area contributed by atoms with Gasteiger partial charge in [0.2, 0.25) is 5.91 Å². The topological polar surface area (TPSA) is 54.0 Å². The molecule has 0 bridgehead atoms. The van der Waals surface area contributed by atoms with Crippen LogP contribution in [0.2, 0.25) is 0 Å². The van der Waals surface area contributed by atoms with E-state index in [2.05, 4.69) is 15.6 Å². The highest BCUT2D eigenvalue weighted by Gasteiger charge is 2.05. The predicted molar refractivity (Wildman–Crippen MR) is 93.1 cm³/mol. The molecule has 0 aliphatic heterocycles. The molecule has 24 heavy (non-hydrogen) atoms. The molecule has 1 amide bonds. The van der Waals surface area contributed by atoms with Gasteiger partial charge in [-0.15, -0.1) is 0 Å². The van der Waals surface area contributed by atoms with E-state index in [-0.39, 0.29) is 18.3 Å². The molecule has 4 nitrogen and oxygen atoms in total. The molecule has 3 aromatic rings. The Labute approximate surface area is 139 Å². The van der Waals surface area contributed by atoms with Gasteiger partial charge >= 0.3 is 0 Å². The minimum absolute atomic E-state index is 0.126. The van der Waals surface area contributed by atoms with Crippen LogP contribution < -0.4 is 10.6 Å². The average Bonchev–Trinajstić information content (AvgIpc) is 2.61. The molecule has 3 rings (SSSR count). The number of hydrogen-bond donors (Lipinski definition) is 2. The number of nitrogens with one attached hydrogen (secondary N) is 2. The minimum atomic E-state index is -0.308. The molecule has 0 unspecified atom stereocenters.